The number of piperidine rings is 1. The summed E-state index contributed by atoms with van der Waals surface area (Å²) in [6.45, 7) is 1.74. The monoisotopic (exact) mass is 144 g/mol. The summed E-state index contributed by atoms with van der Waals surface area (Å²) >= 11 is 0. The largest absolute Gasteiger partial charge is 0.318 e. The SMILES string of the molecule is CNCC1CCCCN1O. The van der Waals surface area contributed by atoms with Crippen LogP contribution in [0.3, 0.4) is 0 Å². The van der Waals surface area contributed by atoms with Crippen LogP contribution >= 0.6 is 0 Å². The lowest BCUT2D eigenvalue weighted by Crippen LogP contribution is -2.42. The van der Waals surface area contributed by atoms with Gasteiger partial charge >= 0.3 is 0 Å². The number of nitrogens with one attached hydrogen (secondary N) is 1. The van der Waals surface area contributed by atoms with Crippen molar-refractivity contribution >= 4 is 0 Å². The first-order chi connectivity index (χ1) is 4.84. The van der Waals surface area contributed by atoms with Crippen molar-refractivity contribution in [3.63, 3.8) is 0 Å². The molecule has 1 unspecified atom stereocenters. The van der Waals surface area contributed by atoms with E-state index in [-0.39, 0.29) is 0 Å². The summed E-state index contributed by atoms with van der Waals surface area (Å²) in [6, 6.07) is 0.346. The van der Waals surface area contributed by atoms with Crippen LogP contribution in [0, 0.1) is 0 Å². The maximum absolute atomic E-state index is 9.29. The van der Waals surface area contributed by atoms with Gasteiger partial charge in [0.15, 0.2) is 0 Å². The van der Waals surface area contributed by atoms with Gasteiger partial charge in [0.2, 0.25) is 0 Å². The molecule has 0 bridgehead atoms. The summed E-state index contributed by atoms with van der Waals surface area (Å²) in [6.07, 6.45) is 3.51. The highest BCUT2D eigenvalue weighted by Gasteiger charge is 2.18. The van der Waals surface area contributed by atoms with E-state index in [0.717, 1.165) is 25.9 Å². The zero-order valence-electron chi connectivity index (χ0n) is 6.51. The van der Waals surface area contributed by atoms with Crippen molar-refractivity contribution in [3.8, 4) is 0 Å². The molecular weight excluding hydrogens is 128 g/mol. The Balaban J connectivity index is 2.25. The molecule has 2 N–H and O–H groups in total. The molecule has 0 aromatic carbocycles. The molecule has 0 aliphatic carbocycles. The number of hydrogen-bond donors (Lipinski definition) is 2. The third-order valence-electron chi connectivity index (χ3n) is 2.04. The molecule has 1 rings (SSSR count). The maximum atomic E-state index is 9.29. The molecule has 0 amide bonds. The van der Waals surface area contributed by atoms with E-state index in [1.54, 1.807) is 0 Å². The van der Waals surface area contributed by atoms with E-state index in [4.69, 9.17) is 0 Å². The molecule has 60 valence electrons. The number of hydrogen-bond acceptors (Lipinski definition) is 3. The van der Waals surface area contributed by atoms with Gasteiger partial charge in [-0.05, 0) is 19.9 Å². The van der Waals surface area contributed by atoms with Crippen molar-refractivity contribution in [3.05, 3.63) is 0 Å². The minimum absolute atomic E-state index is 0.346. The molecule has 1 saturated heterocycles. The molecule has 0 aromatic heterocycles. The molecule has 0 spiro atoms. The van der Waals surface area contributed by atoms with Gasteiger partial charge in [0.25, 0.3) is 0 Å². The van der Waals surface area contributed by atoms with E-state index in [0.29, 0.717) is 6.04 Å². The Morgan fingerprint density at radius 3 is 3.00 bits per heavy atom. The van der Waals surface area contributed by atoms with Gasteiger partial charge in [-0.1, -0.05) is 6.42 Å². The van der Waals surface area contributed by atoms with Crippen molar-refractivity contribution in [2.24, 2.45) is 0 Å². The van der Waals surface area contributed by atoms with Crippen LogP contribution in [-0.2, 0) is 0 Å². The zero-order valence-corrected chi connectivity index (χ0v) is 6.51. The van der Waals surface area contributed by atoms with E-state index in [1.165, 1.54) is 11.5 Å². The summed E-state index contributed by atoms with van der Waals surface area (Å²) < 4.78 is 0. The van der Waals surface area contributed by atoms with Crippen molar-refractivity contribution < 1.29 is 5.21 Å². The Hall–Kier alpha value is -0.120. The number of hydroxylamine groups is 2. The second-order valence-corrected chi connectivity index (χ2v) is 2.87. The fraction of sp³-hybridized carbons (Fsp3) is 1.00. The highest BCUT2D eigenvalue weighted by Crippen LogP contribution is 2.13. The minimum Gasteiger partial charge on any atom is -0.318 e. The molecule has 0 radical (unpaired) electrons. The zero-order chi connectivity index (χ0) is 7.40. The number of rotatable bonds is 2. The fourth-order valence-corrected chi connectivity index (χ4v) is 1.43. The number of likely N-dealkylation sites (N-methyl/N-ethyl adjacent to an activating group) is 1. The summed E-state index contributed by atoms with van der Waals surface area (Å²) in [5, 5.41) is 13.8. The van der Waals surface area contributed by atoms with Gasteiger partial charge in [0, 0.05) is 19.1 Å². The topological polar surface area (TPSA) is 35.5 Å². The van der Waals surface area contributed by atoms with Crippen molar-refractivity contribution in [1.82, 2.24) is 10.4 Å². The van der Waals surface area contributed by atoms with Crippen molar-refractivity contribution in [2.45, 2.75) is 25.3 Å². The first-order valence-electron chi connectivity index (χ1n) is 3.94. The molecular formula is C7H16N2O. The molecule has 1 fully saturated rings. The number of nitrogens with zero attached hydrogens (tertiary/aromatic N) is 1. The third-order valence-corrected chi connectivity index (χ3v) is 2.04. The van der Waals surface area contributed by atoms with E-state index >= 15 is 0 Å². The highest BCUT2D eigenvalue weighted by molar-refractivity contribution is 4.72. The third kappa shape index (κ3) is 1.94. The first-order valence-corrected chi connectivity index (χ1v) is 3.94. The normalized spacial score (nSPS) is 28.8. The van der Waals surface area contributed by atoms with Crippen LogP contribution in [0.15, 0.2) is 0 Å². The predicted octanol–water partition coefficient (Wildman–Crippen LogP) is 0.450. The average Bonchev–Trinajstić information content (AvgIpc) is 1.94. The quantitative estimate of drug-likeness (QED) is 0.590. The van der Waals surface area contributed by atoms with Gasteiger partial charge in [-0.25, -0.2) is 0 Å². The van der Waals surface area contributed by atoms with Gasteiger partial charge in [-0.2, -0.15) is 5.06 Å². The van der Waals surface area contributed by atoms with Gasteiger partial charge in [-0.3, -0.25) is 0 Å². The maximum Gasteiger partial charge on any atom is 0.0474 e. The van der Waals surface area contributed by atoms with Crippen molar-refractivity contribution in [1.29, 1.82) is 0 Å². The van der Waals surface area contributed by atoms with Gasteiger partial charge in [-0.15, -0.1) is 0 Å². The Morgan fingerprint density at radius 1 is 1.60 bits per heavy atom. The van der Waals surface area contributed by atoms with E-state index in [1.807, 2.05) is 7.05 Å². The second kappa shape index (κ2) is 3.91. The van der Waals surface area contributed by atoms with Crippen molar-refractivity contribution in [2.75, 3.05) is 20.1 Å². The Labute approximate surface area is 62.0 Å². The van der Waals surface area contributed by atoms with E-state index in [9.17, 15) is 5.21 Å². The molecule has 0 saturated carbocycles. The molecule has 10 heavy (non-hydrogen) atoms. The fourth-order valence-electron chi connectivity index (χ4n) is 1.43. The van der Waals surface area contributed by atoms with Crippen LogP contribution in [0.4, 0.5) is 0 Å². The summed E-state index contributed by atoms with van der Waals surface area (Å²) in [5.74, 6) is 0. The van der Waals surface area contributed by atoms with E-state index in [2.05, 4.69) is 5.32 Å². The lowest BCUT2D eigenvalue weighted by Gasteiger charge is -2.29. The molecule has 3 heteroatoms. The molecule has 1 aliphatic heterocycles. The van der Waals surface area contributed by atoms with Gasteiger partial charge in [0.1, 0.15) is 0 Å². The predicted molar refractivity (Wildman–Crippen MR) is 40.1 cm³/mol. The molecule has 1 heterocycles. The summed E-state index contributed by atoms with van der Waals surface area (Å²) in [7, 11) is 1.92. The molecule has 1 aliphatic rings. The van der Waals surface area contributed by atoms with Crippen LogP contribution in [0.25, 0.3) is 0 Å². The first kappa shape index (κ1) is 7.98. The lowest BCUT2D eigenvalue weighted by atomic mass is 10.0. The summed E-state index contributed by atoms with van der Waals surface area (Å²) in [4.78, 5) is 0. The van der Waals surface area contributed by atoms with Crippen LogP contribution in [0.5, 0.6) is 0 Å². The Kier molecular flexibility index (Phi) is 3.12. The average molecular weight is 144 g/mol. The Bertz CT molecular complexity index is 95.6. The standard InChI is InChI=1S/C7H16N2O/c1-8-6-7-4-2-3-5-9(7)10/h7-8,10H,2-6H2,1H3. The van der Waals surface area contributed by atoms with E-state index < -0.39 is 0 Å². The smallest absolute Gasteiger partial charge is 0.0474 e. The summed E-state index contributed by atoms with van der Waals surface area (Å²) in [5.41, 5.74) is 0. The van der Waals surface area contributed by atoms with Crippen LogP contribution in [0.2, 0.25) is 0 Å². The van der Waals surface area contributed by atoms with Crippen LogP contribution in [0.1, 0.15) is 19.3 Å². The van der Waals surface area contributed by atoms with Gasteiger partial charge in [0.05, 0.1) is 0 Å². The van der Waals surface area contributed by atoms with Crippen LogP contribution in [-0.4, -0.2) is 36.4 Å². The molecule has 0 aromatic rings. The molecule has 3 nitrogen and oxygen atoms in total. The highest BCUT2D eigenvalue weighted by atomic mass is 16.5. The second-order valence-electron chi connectivity index (χ2n) is 2.87. The lowest BCUT2D eigenvalue weighted by molar-refractivity contribution is -0.140. The van der Waals surface area contributed by atoms with Crippen LogP contribution < -0.4 is 5.32 Å². The van der Waals surface area contributed by atoms with Gasteiger partial charge < -0.3 is 10.5 Å². The minimum atomic E-state index is 0.346. The Morgan fingerprint density at radius 2 is 2.40 bits per heavy atom. The molecule has 1 atom stereocenters.